The lowest BCUT2D eigenvalue weighted by molar-refractivity contribution is -0.0905. The highest BCUT2D eigenvalue weighted by Crippen LogP contribution is 2.57. The zero-order chi connectivity index (χ0) is 14.5. The first-order valence-corrected chi connectivity index (χ1v) is 7.73. The van der Waals surface area contributed by atoms with Crippen LogP contribution in [0.4, 0.5) is 0 Å². The molecule has 0 saturated heterocycles. The SMILES string of the molecule is CCO[C@@]1(C)Cc2cocc2[C@H](O)[C@H]2CC(C)(C)C[C@@H]21. The fourth-order valence-electron chi connectivity index (χ4n) is 4.58. The molecule has 2 aliphatic carbocycles. The monoisotopic (exact) mass is 278 g/mol. The Morgan fingerprint density at radius 2 is 2.05 bits per heavy atom. The van der Waals surface area contributed by atoms with Gasteiger partial charge in [0.1, 0.15) is 0 Å². The molecular weight excluding hydrogens is 252 g/mol. The molecule has 1 fully saturated rings. The van der Waals surface area contributed by atoms with Gasteiger partial charge in [0.05, 0.1) is 24.2 Å². The number of aliphatic hydroxyl groups is 1. The van der Waals surface area contributed by atoms with Crippen molar-refractivity contribution in [2.45, 2.75) is 58.7 Å². The second-order valence-electron chi connectivity index (χ2n) is 7.56. The Bertz CT molecular complexity index is 490. The van der Waals surface area contributed by atoms with Crippen LogP contribution < -0.4 is 0 Å². The first-order chi connectivity index (χ1) is 9.36. The number of rotatable bonds is 2. The van der Waals surface area contributed by atoms with Crippen molar-refractivity contribution in [3.05, 3.63) is 23.7 Å². The van der Waals surface area contributed by atoms with Gasteiger partial charge in [-0.3, -0.25) is 0 Å². The van der Waals surface area contributed by atoms with E-state index in [4.69, 9.17) is 9.15 Å². The highest BCUT2D eigenvalue weighted by Gasteiger charge is 2.53. The highest BCUT2D eigenvalue weighted by atomic mass is 16.5. The van der Waals surface area contributed by atoms with Crippen molar-refractivity contribution in [2.24, 2.45) is 17.3 Å². The van der Waals surface area contributed by atoms with Gasteiger partial charge in [0.15, 0.2) is 0 Å². The first kappa shape index (κ1) is 14.2. The van der Waals surface area contributed by atoms with Gasteiger partial charge in [0.25, 0.3) is 0 Å². The second kappa shape index (κ2) is 4.60. The molecule has 3 heteroatoms. The minimum absolute atomic E-state index is 0.205. The van der Waals surface area contributed by atoms with Crippen LogP contribution in [-0.2, 0) is 11.2 Å². The maximum absolute atomic E-state index is 10.8. The quantitative estimate of drug-likeness (QED) is 0.896. The van der Waals surface area contributed by atoms with Crippen molar-refractivity contribution in [1.82, 2.24) is 0 Å². The summed E-state index contributed by atoms with van der Waals surface area (Å²) < 4.78 is 11.5. The van der Waals surface area contributed by atoms with Crippen molar-refractivity contribution in [3.63, 3.8) is 0 Å². The summed E-state index contributed by atoms with van der Waals surface area (Å²) in [5.74, 6) is 0.667. The summed E-state index contributed by atoms with van der Waals surface area (Å²) in [6.07, 6.45) is 6.08. The molecule has 0 unspecified atom stereocenters. The summed E-state index contributed by atoms with van der Waals surface area (Å²) in [5, 5.41) is 10.8. The predicted molar refractivity (Wildman–Crippen MR) is 77.4 cm³/mol. The smallest absolute Gasteiger partial charge is 0.0963 e. The Kier molecular flexibility index (Phi) is 3.26. The summed E-state index contributed by atoms with van der Waals surface area (Å²) in [5.41, 5.74) is 2.15. The Balaban J connectivity index is 2.05. The molecule has 1 heterocycles. The number of hydrogen-bond acceptors (Lipinski definition) is 3. The van der Waals surface area contributed by atoms with E-state index in [1.54, 1.807) is 12.5 Å². The average Bonchev–Trinajstić information content (AvgIpc) is 2.91. The Labute approximate surface area is 121 Å². The lowest BCUT2D eigenvalue weighted by atomic mass is 9.78. The fourth-order valence-corrected chi connectivity index (χ4v) is 4.58. The number of fused-ring (bicyclic) bond motifs is 2. The molecule has 4 atom stereocenters. The number of hydrogen-bond donors (Lipinski definition) is 1. The summed E-state index contributed by atoms with van der Waals surface area (Å²) in [6, 6.07) is 0. The highest BCUT2D eigenvalue weighted by molar-refractivity contribution is 5.29. The number of furan rings is 1. The van der Waals surface area contributed by atoms with Gasteiger partial charge in [-0.25, -0.2) is 0 Å². The topological polar surface area (TPSA) is 42.6 Å². The van der Waals surface area contributed by atoms with Crippen molar-refractivity contribution in [2.75, 3.05) is 6.61 Å². The standard InChI is InChI=1S/C17H26O3/c1-5-20-17(4)6-11-9-19-10-13(11)15(18)12-7-16(2,3)8-14(12)17/h9-10,12,14-15,18H,5-8H2,1-4H3/t12-,14-,15+,17-/m0/s1. The van der Waals surface area contributed by atoms with Crippen LogP contribution in [0, 0.1) is 17.3 Å². The molecule has 20 heavy (non-hydrogen) atoms. The van der Waals surface area contributed by atoms with Gasteiger partial charge in [0, 0.05) is 18.6 Å². The number of ether oxygens (including phenoxy) is 1. The van der Waals surface area contributed by atoms with E-state index < -0.39 is 6.10 Å². The van der Waals surface area contributed by atoms with E-state index in [0.29, 0.717) is 12.5 Å². The largest absolute Gasteiger partial charge is 0.472 e. The van der Waals surface area contributed by atoms with Crippen LogP contribution in [0.15, 0.2) is 16.9 Å². The maximum Gasteiger partial charge on any atom is 0.0963 e. The molecule has 3 rings (SSSR count). The Morgan fingerprint density at radius 1 is 1.30 bits per heavy atom. The van der Waals surface area contributed by atoms with Crippen molar-refractivity contribution < 1.29 is 14.3 Å². The summed E-state index contributed by atoms with van der Waals surface area (Å²) in [4.78, 5) is 0. The van der Waals surface area contributed by atoms with Crippen LogP contribution in [0.1, 0.15) is 57.8 Å². The summed E-state index contributed by atoms with van der Waals surface area (Å²) >= 11 is 0. The molecule has 3 nitrogen and oxygen atoms in total. The van der Waals surface area contributed by atoms with Crippen LogP contribution in [0.5, 0.6) is 0 Å². The predicted octanol–water partition coefficient (Wildman–Crippen LogP) is 3.72. The third kappa shape index (κ3) is 2.11. The summed E-state index contributed by atoms with van der Waals surface area (Å²) in [6.45, 7) is 9.58. The Hall–Kier alpha value is -0.800. The third-order valence-electron chi connectivity index (χ3n) is 5.38. The molecule has 2 aliphatic rings. The van der Waals surface area contributed by atoms with Gasteiger partial charge in [-0.15, -0.1) is 0 Å². The maximum atomic E-state index is 10.8. The molecule has 0 aliphatic heterocycles. The minimum Gasteiger partial charge on any atom is -0.472 e. The molecule has 1 N–H and O–H groups in total. The molecular formula is C17H26O3. The Morgan fingerprint density at radius 3 is 2.75 bits per heavy atom. The van der Waals surface area contributed by atoms with Crippen molar-refractivity contribution >= 4 is 0 Å². The molecule has 0 bridgehead atoms. The molecule has 1 aromatic heterocycles. The fraction of sp³-hybridized carbons (Fsp3) is 0.765. The van der Waals surface area contributed by atoms with Crippen LogP contribution in [-0.4, -0.2) is 17.3 Å². The van der Waals surface area contributed by atoms with Gasteiger partial charge in [-0.2, -0.15) is 0 Å². The van der Waals surface area contributed by atoms with E-state index in [1.807, 2.05) is 0 Å². The van der Waals surface area contributed by atoms with Crippen LogP contribution >= 0.6 is 0 Å². The molecule has 0 amide bonds. The van der Waals surface area contributed by atoms with E-state index in [2.05, 4.69) is 27.7 Å². The van der Waals surface area contributed by atoms with Crippen LogP contribution in [0.3, 0.4) is 0 Å². The first-order valence-electron chi connectivity index (χ1n) is 7.73. The van der Waals surface area contributed by atoms with Crippen molar-refractivity contribution in [1.29, 1.82) is 0 Å². The normalized spacial score (nSPS) is 39.1. The van der Waals surface area contributed by atoms with Gasteiger partial charge in [0.2, 0.25) is 0 Å². The average molecular weight is 278 g/mol. The van der Waals surface area contributed by atoms with E-state index in [9.17, 15) is 5.11 Å². The minimum atomic E-state index is -0.419. The van der Waals surface area contributed by atoms with Crippen LogP contribution in [0.2, 0.25) is 0 Å². The zero-order valence-corrected chi connectivity index (χ0v) is 13.0. The van der Waals surface area contributed by atoms with E-state index >= 15 is 0 Å². The van der Waals surface area contributed by atoms with Gasteiger partial charge in [-0.1, -0.05) is 13.8 Å². The lowest BCUT2D eigenvalue weighted by Crippen LogP contribution is -2.41. The van der Waals surface area contributed by atoms with Crippen molar-refractivity contribution in [3.8, 4) is 0 Å². The lowest BCUT2D eigenvalue weighted by Gasteiger charge is -2.38. The van der Waals surface area contributed by atoms with Crippen LogP contribution in [0.25, 0.3) is 0 Å². The molecule has 0 aromatic carbocycles. The molecule has 0 radical (unpaired) electrons. The zero-order valence-electron chi connectivity index (χ0n) is 13.0. The summed E-state index contributed by atoms with van der Waals surface area (Å²) in [7, 11) is 0. The van der Waals surface area contributed by atoms with E-state index in [-0.39, 0.29) is 16.9 Å². The third-order valence-corrected chi connectivity index (χ3v) is 5.38. The second-order valence-corrected chi connectivity index (χ2v) is 7.56. The number of aliphatic hydroxyl groups excluding tert-OH is 1. The van der Waals surface area contributed by atoms with Gasteiger partial charge in [-0.05, 0) is 49.5 Å². The molecule has 1 aromatic rings. The van der Waals surface area contributed by atoms with Gasteiger partial charge >= 0.3 is 0 Å². The molecule has 1 saturated carbocycles. The molecule has 0 spiro atoms. The van der Waals surface area contributed by atoms with E-state index in [0.717, 1.165) is 30.4 Å². The molecule has 112 valence electrons. The van der Waals surface area contributed by atoms with E-state index in [1.165, 1.54) is 0 Å². The van der Waals surface area contributed by atoms with Gasteiger partial charge < -0.3 is 14.3 Å².